The van der Waals surface area contributed by atoms with Crippen molar-refractivity contribution in [3.63, 3.8) is 0 Å². The highest BCUT2D eigenvalue weighted by Gasteiger charge is 2.02. The molecule has 0 aliphatic carbocycles. The van der Waals surface area contributed by atoms with Crippen molar-refractivity contribution < 1.29 is 48.8 Å². The minimum Gasteiger partial charge on any atom is -0.449 e. The number of rotatable bonds is 32. The van der Waals surface area contributed by atoms with Gasteiger partial charge in [0.15, 0.2) is 0 Å². The van der Waals surface area contributed by atoms with E-state index in [1.54, 1.807) is 47.0 Å². The van der Waals surface area contributed by atoms with Crippen LogP contribution in [0.4, 0.5) is 9.59 Å². The first-order valence-corrected chi connectivity index (χ1v) is 19.4. The monoisotopic (exact) mass is 710 g/mol. The molecule has 0 aromatic carbocycles. The molecule has 0 fully saturated rings. The van der Waals surface area contributed by atoms with Crippen molar-refractivity contribution in [2.45, 2.75) is 0 Å². The molecule has 0 heterocycles. The van der Waals surface area contributed by atoms with E-state index in [4.69, 9.17) is 39.2 Å². The lowest BCUT2D eigenvalue weighted by molar-refractivity contribution is -0.210. The molecule has 0 aliphatic heterocycles. The fourth-order valence-corrected chi connectivity index (χ4v) is 5.34. The Bertz CT molecular complexity index is 690. The number of aliphatic imine (C=N–C) groups is 2. The number of nitrogens with zero attached hydrogens (tertiary/aromatic N) is 2. The van der Waals surface area contributed by atoms with Crippen LogP contribution in [0.1, 0.15) is 0 Å². The first kappa shape index (κ1) is 42.1. The van der Waals surface area contributed by atoms with E-state index < -0.39 is 12.2 Å². The molecule has 252 valence electrons. The molecule has 0 bridgehead atoms. The normalized spacial score (nSPS) is 11.2. The molecular formula is C24H46N4O10S5. The molecular weight excluding hydrogens is 665 g/mol. The predicted octanol–water partition coefficient (Wildman–Crippen LogP) is 2.04. The van der Waals surface area contributed by atoms with Gasteiger partial charge in [0.25, 0.3) is 0 Å². The van der Waals surface area contributed by atoms with Crippen molar-refractivity contribution in [1.82, 2.24) is 10.6 Å². The van der Waals surface area contributed by atoms with Gasteiger partial charge in [-0.3, -0.25) is 9.98 Å². The summed E-state index contributed by atoms with van der Waals surface area (Å²) in [5.41, 5.74) is 0. The number of nitrogens with one attached hydrogen (secondary N) is 2. The van der Waals surface area contributed by atoms with Crippen molar-refractivity contribution >= 4 is 83.8 Å². The fourth-order valence-electron chi connectivity index (χ4n) is 2.32. The Hall–Kier alpha value is -0.930. The van der Waals surface area contributed by atoms with Crippen LogP contribution in [-0.2, 0) is 29.0 Å². The minimum atomic E-state index is -0.435. The van der Waals surface area contributed by atoms with Crippen LogP contribution >= 0.6 is 58.8 Å². The third-order valence-corrected chi connectivity index (χ3v) is 8.84. The third kappa shape index (κ3) is 37.2. The van der Waals surface area contributed by atoms with Crippen LogP contribution in [0, 0.1) is 0 Å². The van der Waals surface area contributed by atoms with Crippen LogP contribution in [-0.4, -0.2) is 159 Å². The van der Waals surface area contributed by atoms with E-state index in [1.165, 1.54) is 24.6 Å². The number of hydrogen-bond acceptors (Lipinski definition) is 17. The maximum absolute atomic E-state index is 11.7. The molecule has 2 amide bonds. The zero-order valence-electron chi connectivity index (χ0n) is 24.4. The Kier molecular flexibility index (Phi) is 36.5. The topological polar surface area (TPSA) is 179 Å². The van der Waals surface area contributed by atoms with E-state index in [0.29, 0.717) is 81.4 Å². The molecule has 0 aromatic rings. The molecule has 0 radical (unpaired) electrons. The van der Waals surface area contributed by atoms with Gasteiger partial charge in [0.1, 0.15) is 26.4 Å². The molecule has 0 rings (SSSR count). The zero-order valence-corrected chi connectivity index (χ0v) is 28.5. The summed E-state index contributed by atoms with van der Waals surface area (Å²) in [5.74, 6) is 7.17. The lowest BCUT2D eigenvalue weighted by Crippen LogP contribution is -2.27. The number of aliphatic hydroxyl groups excluding tert-OH is 2. The number of thioether (sulfide) groups is 5. The number of carbonyl (C=O) groups is 2. The Morgan fingerprint density at radius 2 is 0.953 bits per heavy atom. The van der Waals surface area contributed by atoms with Crippen molar-refractivity contribution in [3.8, 4) is 0 Å². The average molecular weight is 711 g/mol. The summed E-state index contributed by atoms with van der Waals surface area (Å²) in [6.45, 7) is 3.92. The molecule has 0 saturated carbocycles. The van der Waals surface area contributed by atoms with Gasteiger partial charge in [0.05, 0.1) is 26.3 Å². The fraction of sp³-hybridized carbons (Fsp3) is 0.833. The van der Waals surface area contributed by atoms with Gasteiger partial charge in [-0.05, 0) is 0 Å². The van der Waals surface area contributed by atoms with Crippen LogP contribution < -0.4 is 10.6 Å². The van der Waals surface area contributed by atoms with Crippen LogP contribution in [0.2, 0.25) is 0 Å². The first-order valence-electron chi connectivity index (χ1n) is 13.7. The smallest absolute Gasteiger partial charge is 0.407 e. The quantitative estimate of drug-likeness (QED) is 0.0262. The summed E-state index contributed by atoms with van der Waals surface area (Å²) in [6.07, 6.45) is 1.68. The molecule has 14 nitrogen and oxygen atoms in total. The Morgan fingerprint density at radius 1 is 0.558 bits per heavy atom. The highest BCUT2D eigenvalue weighted by Crippen LogP contribution is 2.02. The first-order chi connectivity index (χ1) is 21.2. The van der Waals surface area contributed by atoms with E-state index in [-0.39, 0.29) is 13.2 Å². The molecule has 0 spiro atoms. The lowest BCUT2D eigenvalue weighted by atomic mass is 10.7. The molecule has 0 aliphatic rings. The average Bonchev–Trinajstić information content (AvgIpc) is 3.00. The van der Waals surface area contributed by atoms with Crippen molar-refractivity contribution in [3.05, 3.63) is 0 Å². The van der Waals surface area contributed by atoms with Crippen molar-refractivity contribution in [1.29, 1.82) is 0 Å². The van der Waals surface area contributed by atoms with Crippen molar-refractivity contribution in [2.24, 2.45) is 9.98 Å². The van der Waals surface area contributed by atoms with E-state index in [2.05, 4.69) is 20.6 Å². The number of amides is 2. The van der Waals surface area contributed by atoms with Gasteiger partial charge in [-0.25, -0.2) is 9.59 Å². The summed E-state index contributed by atoms with van der Waals surface area (Å²) in [5, 5.41) is 22.7. The highest BCUT2D eigenvalue weighted by molar-refractivity contribution is 8.00. The maximum Gasteiger partial charge on any atom is 0.407 e. The van der Waals surface area contributed by atoms with E-state index >= 15 is 0 Å². The maximum atomic E-state index is 11.7. The number of ether oxygens (including phenoxy) is 2. The second kappa shape index (κ2) is 37.3. The van der Waals surface area contributed by atoms with Gasteiger partial charge in [0.2, 0.25) is 12.8 Å². The standard InChI is InChI=1S/C24H46N4O10S5/c29-5-15-41-17-7-33-23(31)27-3-13-39-12-2-26-22-38-36-10-20-43-18-8-34-24(32)28-4-14-40-11-1-25-21-37-35-9-19-42-16-6-30/h21-22,29-30H,1-20H2,(H,27,31)(H,28,32)/b25-21-,26-22+. The number of carbonyl (C=O) groups excluding carboxylic acids is 2. The predicted molar refractivity (Wildman–Crippen MR) is 180 cm³/mol. The molecule has 19 heteroatoms. The second-order valence-electron chi connectivity index (χ2n) is 7.49. The number of alkyl carbamates (subject to hydrolysis) is 2. The Balaban J connectivity index is 3.29. The summed E-state index contributed by atoms with van der Waals surface area (Å²) >= 11 is 8.00. The van der Waals surface area contributed by atoms with Gasteiger partial charge >= 0.3 is 12.2 Å². The number of hydrogen-bond donors (Lipinski definition) is 4. The van der Waals surface area contributed by atoms with E-state index in [1.807, 2.05) is 0 Å². The lowest BCUT2D eigenvalue weighted by Gasteiger charge is -2.06. The Morgan fingerprint density at radius 3 is 1.40 bits per heavy atom. The molecule has 0 unspecified atom stereocenters. The van der Waals surface area contributed by atoms with E-state index in [9.17, 15) is 9.59 Å². The second-order valence-corrected chi connectivity index (χ2v) is 13.6. The molecule has 0 atom stereocenters. The zero-order chi connectivity index (χ0) is 31.3. The minimum absolute atomic E-state index is 0.126. The molecule has 0 saturated heterocycles. The van der Waals surface area contributed by atoms with Crippen LogP contribution in [0.15, 0.2) is 9.98 Å². The third-order valence-electron chi connectivity index (χ3n) is 4.15. The summed E-state index contributed by atoms with van der Waals surface area (Å²) in [4.78, 5) is 50.9. The summed E-state index contributed by atoms with van der Waals surface area (Å²) < 4.78 is 10.1. The van der Waals surface area contributed by atoms with Crippen LogP contribution in [0.25, 0.3) is 0 Å². The van der Waals surface area contributed by atoms with Gasteiger partial charge in [-0.15, -0.1) is 0 Å². The highest BCUT2D eigenvalue weighted by atomic mass is 32.2. The number of aliphatic hydroxyl groups is 2. The van der Waals surface area contributed by atoms with Gasteiger partial charge in [0, 0.05) is 70.6 Å². The van der Waals surface area contributed by atoms with E-state index in [0.717, 1.165) is 28.8 Å². The molecule has 0 aromatic heterocycles. The summed E-state index contributed by atoms with van der Waals surface area (Å²) in [7, 11) is 0. The Labute approximate surface area is 275 Å². The largest absolute Gasteiger partial charge is 0.449 e. The van der Waals surface area contributed by atoms with Crippen molar-refractivity contribution in [2.75, 3.05) is 123 Å². The van der Waals surface area contributed by atoms with Crippen LogP contribution in [0.5, 0.6) is 0 Å². The van der Waals surface area contributed by atoms with Gasteiger partial charge in [-0.1, -0.05) is 0 Å². The molecule has 4 N–H and O–H groups in total. The summed E-state index contributed by atoms with van der Waals surface area (Å²) in [6, 6.07) is 0. The molecule has 43 heavy (non-hydrogen) atoms. The SMILES string of the molecule is O=C(NCCSCC/N=C/OOCCSCCOC(=O)NCCSCC/N=C\OOCCSCCO)OCCSCCO. The van der Waals surface area contributed by atoms with Gasteiger partial charge in [-0.2, -0.15) is 68.6 Å². The van der Waals surface area contributed by atoms with Gasteiger partial charge < -0.3 is 40.1 Å². The van der Waals surface area contributed by atoms with Crippen LogP contribution in [0.3, 0.4) is 0 Å².